The van der Waals surface area contributed by atoms with E-state index in [0.29, 0.717) is 0 Å². The fourth-order valence-electron chi connectivity index (χ4n) is 1.29. The van der Waals surface area contributed by atoms with Gasteiger partial charge in [-0.1, -0.05) is 13.8 Å². The summed E-state index contributed by atoms with van der Waals surface area (Å²) in [4.78, 5) is 4.70. The van der Waals surface area contributed by atoms with Crippen molar-refractivity contribution in [2.45, 2.75) is 27.2 Å². The van der Waals surface area contributed by atoms with E-state index in [2.05, 4.69) is 43.0 Å². The summed E-state index contributed by atoms with van der Waals surface area (Å²) in [5.41, 5.74) is 0. The first-order chi connectivity index (χ1) is 5.72. The SMILES string of the molecule is CCN1C=CN(CCC(C)C)C1. The summed E-state index contributed by atoms with van der Waals surface area (Å²) >= 11 is 0. The van der Waals surface area contributed by atoms with Crippen molar-refractivity contribution in [3.05, 3.63) is 12.4 Å². The van der Waals surface area contributed by atoms with Gasteiger partial charge < -0.3 is 9.80 Å². The van der Waals surface area contributed by atoms with Gasteiger partial charge in [0.05, 0.1) is 6.67 Å². The molecule has 0 aliphatic carbocycles. The molecule has 1 aliphatic heterocycles. The Bertz CT molecular complexity index is 152. The highest BCUT2D eigenvalue weighted by molar-refractivity contribution is 4.89. The molecule has 0 aromatic rings. The third kappa shape index (κ3) is 2.76. The Morgan fingerprint density at radius 1 is 1.25 bits per heavy atom. The third-order valence-electron chi connectivity index (χ3n) is 2.25. The molecule has 0 aromatic carbocycles. The molecule has 0 atom stereocenters. The molecule has 2 nitrogen and oxygen atoms in total. The summed E-state index contributed by atoms with van der Waals surface area (Å²) in [6.07, 6.45) is 5.67. The quantitative estimate of drug-likeness (QED) is 0.634. The molecule has 0 saturated heterocycles. The third-order valence-corrected chi connectivity index (χ3v) is 2.25. The zero-order valence-electron chi connectivity index (χ0n) is 8.45. The van der Waals surface area contributed by atoms with Crippen molar-refractivity contribution >= 4 is 0 Å². The van der Waals surface area contributed by atoms with Crippen LogP contribution in [0.15, 0.2) is 12.4 Å². The van der Waals surface area contributed by atoms with Crippen LogP contribution in [0.5, 0.6) is 0 Å². The standard InChI is InChI=1S/C10H20N2/c1-4-11-7-8-12(9-11)6-5-10(2)3/h7-8,10H,4-6,9H2,1-3H3. The van der Waals surface area contributed by atoms with E-state index >= 15 is 0 Å². The van der Waals surface area contributed by atoms with Crippen LogP contribution in [0.25, 0.3) is 0 Å². The van der Waals surface area contributed by atoms with E-state index in [9.17, 15) is 0 Å². The van der Waals surface area contributed by atoms with Crippen LogP contribution < -0.4 is 0 Å². The highest BCUT2D eigenvalue weighted by Crippen LogP contribution is 2.08. The smallest absolute Gasteiger partial charge is 0.0893 e. The number of hydrogen-bond acceptors (Lipinski definition) is 2. The molecule has 0 N–H and O–H groups in total. The zero-order valence-corrected chi connectivity index (χ0v) is 8.45. The van der Waals surface area contributed by atoms with Crippen molar-refractivity contribution in [3.8, 4) is 0 Å². The lowest BCUT2D eigenvalue weighted by molar-refractivity contribution is 0.262. The molecule has 0 bridgehead atoms. The maximum absolute atomic E-state index is 2.38. The summed E-state index contributed by atoms with van der Waals surface area (Å²) < 4.78 is 0. The van der Waals surface area contributed by atoms with Gasteiger partial charge in [0, 0.05) is 25.5 Å². The van der Waals surface area contributed by atoms with Gasteiger partial charge in [0.25, 0.3) is 0 Å². The van der Waals surface area contributed by atoms with Crippen molar-refractivity contribution in [1.82, 2.24) is 9.80 Å². The summed E-state index contributed by atoms with van der Waals surface area (Å²) in [6.45, 7) is 10.1. The molecule has 0 aromatic heterocycles. The van der Waals surface area contributed by atoms with Gasteiger partial charge in [-0.2, -0.15) is 0 Å². The van der Waals surface area contributed by atoms with Crippen molar-refractivity contribution in [2.75, 3.05) is 19.8 Å². The molecular formula is C10H20N2. The van der Waals surface area contributed by atoms with Gasteiger partial charge >= 0.3 is 0 Å². The fourth-order valence-corrected chi connectivity index (χ4v) is 1.29. The van der Waals surface area contributed by atoms with Crippen LogP contribution in [0.4, 0.5) is 0 Å². The monoisotopic (exact) mass is 168 g/mol. The van der Waals surface area contributed by atoms with Crippen LogP contribution in [-0.4, -0.2) is 29.6 Å². The Kier molecular flexibility index (Phi) is 3.45. The van der Waals surface area contributed by atoms with E-state index in [0.717, 1.165) is 19.1 Å². The Morgan fingerprint density at radius 2 is 1.92 bits per heavy atom. The van der Waals surface area contributed by atoms with Crippen molar-refractivity contribution in [3.63, 3.8) is 0 Å². The topological polar surface area (TPSA) is 6.48 Å². The van der Waals surface area contributed by atoms with Crippen LogP contribution in [-0.2, 0) is 0 Å². The zero-order chi connectivity index (χ0) is 8.97. The number of hydrogen-bond donors (Lipinski definition) is 0. The molecule has 1 aliphatic rings. The van der Waals surface area contributed by atoms with Crippen molar-refractivity contribution in [2.24, 2.45) is 5.92 Å². The van der Waals surface area contributed by atoms with Crippen LogP contribution >= 0.6 is 0 Å². The lowest BCUT2D eigenvalue weighted by atomic mass is 10.1. The summed E-state index contributed by atoms with van der Waals surface area (Å²) in [5.74, 6) is 0.814. The molecule has 70 valence electrons. The molecule has 0 fully saturated rings. The average Bonchev–Trinajstić information content (AvgIpc) is 2.48. The Labute approximate surface area is 75.8 Å². The maximum atomic E-state index is 2.38. The second kappa shape index (κ2) is 4.39. The molecule has 0 saturated carbocycles. The van der Waals surface area contributed by atoms with Gasteiger partial charge in [0.15, 0.2) is 0 Å². The highest BCUT2D eigenvalue weighted by atomic mass is 15.3. The summed E-state index contributed by atoms with van der Waals surface area (Å²) in [5, 5.41) is 0. The van der Waals surface area contributed by atoms with E-state index in [1.807, 2.05) is 0 Å². The van der Waals surface area contributed by atoms with Gasteiger partial charge in [0.1, 0.15) is 0 Å². The van der Waals surface area contributed by atoms with Crippen LogP contribution in [0.2, 0.25) is 0 Å². The lowest BCUT2D eigenvalue weighted by Crippen LogP contribution is -2.26. The minimum absolute atomic E-state index is 0.814. The summed E-state index contributed by atoms with van der Waals surface area (Å²) in [7, 11) is 0. The van der Waals surface area contributed by atoms with E-state index in [-0.39, 0.29) is 0 Å². The molecule has 0 unspecified atom stereocenters. The first kappa shape index (κ1) is 9.43. The highest BCUT2D eigenvalue weighted by Gasteiger charge is 2.09. The van der Waals surface area contributed by atoms with Gasteiger partial charge in [0.2, 0.25) is 0 Å². The summed E-state index contributed by atoms with van der Waals surface area (Å²) in [6, 6.07) is 0. The number of rotatable bonds is 4. The molecule has 1 heterocycles. The second-order valence-corrected chi connectivity index (χ2v) is 3.84. The average molecular weight is 168 g/mol. The Balaban J connectivity index is 2.16. The minimum atomic E-state index is 0.814. The minimum Gasteiger partial charge on any atom is -0.359 e. The predicted molar refractivity (Wildman–Crippen MR) is 52.5 cm³/mol. The first-order valence-corrected chi connectivity index (χ1v) is 4.88. The molecule has 0 radical (unpaired) electrons. The molecule has 12 heavy (non-hydrogen) atoms. The molecule has 0 spiro atoms. The van der Waals surface area contributed by atoms with Crippen LogP contribution in [0.1, 0.15) is 27.2 Å². The largest absolute Gasteiger partial charge is 0.359 e. The van der Waals surface area contributed by atoms with E-state index < -0.39 is 0 Å². The Hall–Kier alpha value is -0.660. The molecule has 2 heteroatoms. The lowest BCUT2D eigenvalue weighted by Gasteiger charge is -2.20. The fraction of sp³-hybridized carbons (Fsp3) is 0.800. The van der Waals surface area contributed by atoms with E-state index in [4.69, 9.17) is 0 Å². The van der Waals surface area contributed by atoms with Crippen molar-refractivity contribution in [1.29, 1.82) is 0 Å². The van der Waals surface area contributed by atoms with Gasteiger partial charge in [-0.25, -0.2) is 0 Å². The Morgan fingerprint density at radius 3 is 2.42 bits per heavy atom. The number of nitrogens with zero attached hydrogens (tertiary/aromatic N) is 2. The molecule has 0 amide bonds. The van der Waals surface area contributed by atoms with Crippen LogP contribution in [0, 0.1) is 5.92 Å². The van der Waals surface area contributed by atoms with E-state index in [1.54, 1.807) is 0 Å². The van der Waals surface area contributed by atoms with Crippen LogP contribution in [0.3, 0.4) is 0 Å². The van der Waals surface area contributed by atoms with Gasteiger partial charge in [-0.15, -0.1) is 0 Å². The second-order valence-electron chi connectivity index (χ2n) is 3.84. The maximum Gasteiger partial charge on any atom is 0.0893 e. The molecular weight excluding hydrogens is 148 g/mol. The molecule has 1 rings (SSSR count). The normalized spacial score (nSPS) is 16.7. The van der Waals surface area contributed by atoms with Crippen molar-refractivity contribution < 1.29 is 0 Å². The van der Waals surface area contributed by atoms with Gasteiger partial charge in [-0.05, 0) is 19.3 Å². The first-order valence-electron chi connectivity index (χ1n) is 4.88. The van der Waals surface area contributed by atoms with Gasteiger partial charge in [-0.3, -0.25) is 0 Å². The van der Waals surface area contributed by atoms with E-state index in [1.165, 1.54) is 13.0 Å². The predicted octanol–water partition coefficient (Wildman–Crippen LogP) is 2.10.